The largest absolute Gasteiger partial charge is 0.327 e. The van der Waals surface area contributed by atoms with Crippen molar-refractivity contribution in [3.05, 3.63) is 70.3 Å². The fourth-order valence-corrected chi connectivity index (χ4v) is 2.62. The third kappa shape index (κ3) is 2.47. The van der Waals surface area contributed by atoms with Crippen LogP contribution in [0.3, 0.4) is 0 Å². The van der Waals surface area contributed by atoms with Gasteiger partial charge >= 0.3 is 0 Å². The average molecular weight is 279 g/mol. The van der Waals surface area contributed by atoms with Crippen molar-refractivity contribution in [1.29, 1.82) is 0 Å². The molecule has 1 aliphatic rings. The van der Waals surface area contributed by atoms with E-state index in [1.54, 1.807) is 4.90 Å². The maximum atomic E-state index is 12.4. The highest BCUT2D eigenvalue weighted by molar-refractivity contribution is 6.04. The SMILES string of the molecule is Cc1ccc(C(=O)CN2Cc3ccccc3C2=O)cc1C. The van der Waals surface area contributed by atoms with E-state index >= 15 is 0 Å². The topological polar surface area (TPSA) is 37.4 Å². The number of ketones is 1. The molecule has 0 bridgehead atoms. The quantitative estimate of drug-likeness (QED) is 0.809. The molecule has 0 aliphatic carbocycles. The normalized spacial score (nSPS) is 13.4. The van der Waals surface area contributed by atoms with Gasteiger partial charge in [0.05, 0.1) is 6.54 Å². The molecule has 2 aromatic carbocycles. The van der Waals surface area contributed by atoms with E-state index in [0.717, 1.165) is 16.7 Å². The molecule has 0 radical (unpaired) electrons. The Morgan fingerprint density at radius 3 is 2.57 bits per heavy atom. The van der Waals surface area contributed by atoms with Crippen LogP contribution in [0.5, 0.6) is 0 Å². The smallest absolute Gasteiger partial charge is 0.254 e. The van der Waals surface area contributed by atoms with Crippen molar-refractivity contribution in [3.8, 4) is 0 Å². The zero-order valence-corrected chi connectivity index (χ0v) is 12.2. The van der Waals surface area contributed by atoms with E-state index < -0.39 is 0 Å². The van der Waals surface area contributed by atoms with E-state index in [4.69, 9.17) is 0 Å². The predicted molar refractivity (Wildman–Crippen MR) is 81.4 cm³/mol. The molecule has 106 valence electrons. The summed E-state index contributed by atoms with van der Waals surface area (Å²) in [5, 5.41) is 0. The van der Waals surface area contributed by atoms with Crippen molar-refractivity contribution in [2.24, 2.45) is 0 Å². The van der Waals surface area contributed by atoms with Gasteiger partial charge in [-0.05, 0) is 42.7 Å². The fourth-order valence-electron chi connectivity index (χ4n) is 2.62. The molecular formula is C18H17NO2. The average Bonchev–Trinajstić information content (AvgIpc) is 2.79. The van der Waals surface area contributed by atoms with Gasteiger partial charge in [-0.25, -0.2) is 0 Å². The van der Waals surface area contributed by atoms with Crippen molar-refractivity contribution in [1.82, 2.24) is 4.90 Å². The van der Waals surface area contributed by atoms with Gasteiger partial charge in [-0.3, -0.25) is 9.59 Å². The lowest BCUT2D eigenvalue weighted by atomic mass is 10.0. The van der Waals surface area contributed by atoms with Crippen LogP contribution in [0.4, 0.5) is 0 Å². The second-order valence-corrected chi connectivity index (χ2v) is 5.54. The third-order valence-corrected chi connectivity index (χ3v) is 4.06. The number of carbonyl (C=O) groups excluding carboxylic acids is 2. The number of benzene rings is 2. The van der Waals surface area contributed by atoms with E-state index in [1.165, 1.54) is 0 Å². The van der Waals surface area contributed by atoms with Crippen LogP contribution in [-0.4, -0.2) is 23.1 Å². The number of fused-ring (bicyclic) bond motifs is 1. The van der Waals surface area contributed by atoms with Gasteiger partial charge in [-0.15, -0.1) is 0 Å². The molecule has 21 heavy (non-hydrogen) atoms. The van der Waals surface area contributed by atoms with Gasteiger partial charge in [-0.2, -0.15) is 0 Å². The van der Waals surface area contributed by atoms with E-state index in [-0.39, 0.29) is 18.2 Å². The van der Waals surface area contributed by atoms with Gasteiger partial charge in [0.2, 0.25) is 0 Å². The summed E-state index contributed by atoms with van der Waals surface area (Å²) in [4.78, 5) is 26.2. The molecule has 0 unspecified atom stereocenters. The summed E-state index contributed by atoms with van der Waals surface area (Å²) < 4.78 is 0. The zero-order valence-electron chi connectivity index (χ0n) is 12.2. The van der Waals surface area contributed by atoms with Crippen LogP contribution in [0.2, 0.25) is 0 Å². The highest BCUT2D eigenvalue weighted by Crippen LogP contribution is 2.22. The maximum absolute atomic E-state index is 12.4. The molecule has 0 aromatic heterocycles. The number of rotatable bonds is 3. The predicted octanol–water partition coefficient (Wildman–Crippen LogP) is 3.14. The van der Waals surface area contributed by atoms with Gasteiger partial charge in [0, 0.05) is 17.7 Å². The number of nitrogens with zero attached hydrogens (tertiary/aromatic N) is 1. The van der Waals surface area contributed by atoms with Crippen molar-refractivity contribution < 1.29 is 9.59 Å². The number of hydrogen-bond donors (Lipinski definition) is 0. The van der Waals surface area contributed by atoms with Crippen LogP contribution < -0.4 is 0 Å². The van der Waals surface area contributed by atoms with Gasteiger partial charge in [-0.1, -0.05) is 30.3 Å². The summed E-state index contributed by atoms with van der Waals surface area (Å²) in [6, 6.07) is 13.2. The van der Waals surface area contributed by atoms with Crippen molar-refractivity contribution in [3.63, 3.8) is 0 Å². The van der Waals surface area contributed by atoms with Crippen LogP contribution in [0, 0.1) is 13.8 Å². The number of Topliss-reactive ketones (excluding diaryl/α,β-unsaturated/α-hetero) is 1. The van der Waals surface area contributed by atoms with Crippen molar-refractivity contribution in [2.45, 2.75) is 20.4 Å². The first kappa shape index (κ1) is 13.6. The standard InChI is InChI=1S/C18H17NO2/c1-12-7-8-14(9-13(12)2)17(20)11-19-10-15-5-3-4-6-16(15)18(19)21/h3-9H,10-11H2,1-2H3. The Hall–Kier alpha value is -2.42. The molecule has 2 aromatic rings. The summed E-state index contributed by atoms with van der Waals surface area (Å²) in [6.07, 6.45) is 0. The molecule has 3 rings (SSSR count). The van der Waals surface area contributed by atoms with E-state index in [2.05, 4.69) is 0 Å². The minimum atomic E-state index is -0.0530. The molecule has 1 heterocycles. The monoisotopic (exact) mass is 279 g/mol. The zero-order chi connectivity index (χ0) is 15.0. The molecular weight excluding hydrogens is 262 g/mol. The Morgan fingerprint density at radius 1 is 1.10 bits per heavy atom. The molecule has 1 aliphatic heterocycles. The second kappa shape index (κ2) is 5.17. The lowest BCUT2D eigenvalue weighted by molar-refractivity contribution is 0.0729. The maximum Gasteiger partial charge on any atom is 0.254 e. The van der Waals surface area contributed by atoms with E-state index in [9.17, 15) is 9.59 Å². The van der Waals surface area contributed by atoms with E-state index in [1.807, 2.05) is 56.3 Å². The van der Waals surface area contributed by atoms with E-state index in [0.29, 0.717) is 17.7 Å². The number of hydrogen-bond acceptors (Lipinski definition) is 2. The molecule has 0 saturated heterocycles. The molecule has 0 fully saturated rings. The van der Waals surface area contributed by atoms with Crippen LogP contribution >= 0.6 is 0 Å². The molecule has 3 heteroatoms. The van der Waals surface area contributed by atoms with Crippen LogP contribution in [0.1, 0.15) is 37.4 Å². The number of aryl methyl sites for hydroxylation is 2. The molecule has 0 spiro atoms. The highest BCUT2D eigenvalue weighted by atomic mass is 16.2. The Morgan fingerprint density at radius 2 is 1.86 bits per heavy atom. The van der Waals surface area contributed by atoms with Crippen LogP contribution in [-0.2, 0) is 6.54 Å². The summed E-state index contributed by atoms with van der Waals surface area (Å²) in [5.41, 5.74) is 4.63. The second-order valence-electron chi connectivity index (χ2n) is 5.54. The summed E-state index contributed by atoms with van der Waals surface area (Å²) in [7, 11) is 0. The lowest BCUT2D eigenvalue weighted by Crippen LogP contribution is -2.30. The Labute approximate surface area is 124 Å². The highest BCUT2D eigenvalue weighted by Gasteiger charge is 2.28. The van der Waals surface area contributed by atoms with Gasteiger partial charge < -0.3 is 4.90 Å². The lowest BCUT2D eigenvalue weighted by Gasteiger charge is -2.15. The summed E-state index contributed by atoms with van der Waals surface area (Å²) in [6.45, 7) is 4.66. The first-order valence-corrected chi connectivity index (χ1v) is 7.04. The molecule has 3 nitrogen and oxygen atoms in total. The first-order chi connectivity index (χ1) is 10.1. The molecule has 1 amide bonds. The van der Waals surface area contributed by atoms with Crippen molar-refractivity contribution in [2.75, 3.05) is 6.54 Å². The Kier molecular flexibility index (Phi) is 3.34. The number of amides is 1. The Bertz CT molecular complexity index is 734. The van der Waals surface area contributed by atoms with Gasteiger partial charge in [0.25, 0.3) is 5.91 Å². The Balaban J connectivity index is 1.77. The third-order valence-electron chi connectivity index (χ3n) is 4.06. The van der Waals surface area contributed by atoms with Crippen molar-refractivity contribution >= 4 is 11.7 Å². The fraction of sp³-hybridized carbons (Fsp3) is 0.222. The summed E-state index contributed by atoms with van der Waals surface area (Å²) in [5.74, 6) is -0.0676. The first-order valence-electron chi connectivity index (χ1n) is 7.04. The summed E-state index contributed by atoms with van der Waals surface area (Å²) >= 11 is 0. The van der Waals surface area contributed by atoms with Crippen LogP contribution in [0.15, 0.2) is 42.5 Å². The minimum absolute atomic E-state index is 0.0146. The van der Waals surface area contributed by atoms with Gasteiger partial charge in [0.1, 0.15) is 0 Å². The molecule has 0 atom stereocenters. The molecule has 0 N–H and O–H groups in total. The molecule has 0 saturated carbocycles. The minimum Gasteiger partial charge on any atom is -0.327 e. The van der Waals surface area contributed by atoms with Crippen LogP contribution in [0.25, 0.3) is 0 Å². The van der Waals surface area contributed by atoms with Gasteiger partial charge in [0.15, 0.2) is 5.78 Å². The number of carbonyl (C=O) groups is 2.